The van der Waals surface area contributed by atoms with Crippen molar-refractivity contribution >= 4 is 22.2 Å². The molecule has 2 aromatic rings. The topological polar surface area (TPSA) is 82.7 Å². The molecule has 1 amide bonds. The van der Waals surface area contributed by atoms with Gasteiger partial charge in [-0.05, 0) is 19.3 Å². The van der Waals surface area contributed by atoms with Gasteiger partial charge in [0.15, 0.2) is 5.69 Å². The summed E-state index contributed by atoms with van der Waals surface area (Å²) in [7, 11) is 0. The van der Waals surface area contributed by atoms with Crippen molar-refractivity contribution in [3.63, 3.8) is 0 Å². The lowest BCUT2D eigenvalue weighted by molar-refractivity contribution is 0.102. The minimum atomic E-state index is -0.158. The van der Waals surface area contributed by atoms with Crippen molar-refractivity contribution in [1.29, 1.82) is 0 Å². The van der Waals surface area contributed by atoms with Crippen LogP contribution in [-0.4, -0.2) is 27.6 Å². The molecule has 3 N–H and O–H groups in total. The van der Waals surface area contributed by atoms with E-state index in [0.29, 0.717) is 18.2 Å². The van der Waals surface area contributed by atoms with E-state index in [1.165, 1.54) is 11.3 Å². The van der Waals surface area contributed by atoms with Gasteiger partial charge in [-0.2, -0.15) is 5.10 Å². The van der Waals surface area contributed by atoms with E-state index in [9.17, 15) is 4.79 Å². The van der Waals surface area contributed by atoms with Crippen molar-refractivity contribution in [3.8, 4) is 0 Å². The molecule has 6 nitrogen and oxygen atoms in total. The molecule has 0 fully saturated rings. The molecule has 0 aliphatic carbocycles. The monoisotopic (exact) mass is 319 g/mol. The van der Waals surface area contributed by atoms with Crippen LogP contribution >= 0.6 is 11.3 Å². The van der Waals surface area contributed by atoms with Crippen molar-refractivity contribution in [3.05, 3.63) is 27.7 Å². The molecule has 118 valence electrons. The summed E-state index contributed by atoms with van der Waals surface area (Å²) < 4.78 is 0. The fourth-order valence-corrected chi connectivity index (χ4v) is 3.51. The highest BCUT2D eigenvalue weighted by molar-refractivity contribution is 7.16. The molecule has 0 aromatic carbocycles. The Morgan fingerprint density at radius 3 is 3.05 bits per heavy atom. The number of anilines is 1. The maximum absolute atomic E-state index is 12.6. The van der Waals surface area contributed by atoms with Crippen LogP contribution in [0.5, 0.6) is 0 Å². The molecule has 3 rings (SSSR count). The number of H-pyrrole nitrogens is 1. The minimum Gasteiger partial charge on any atom is -0.312 e. The van der Waals surface area contributed by atoms with E-state index in [1.807, 2.05) is 6.92 Å². The third kappa shape index (κ3) is 3.05. The van der Waals surface area contributed by atoms with Crippen LogP contribution in [0.15, 0.2) is 0 Å². The van der Waals surface area contributed by atoms with Gasteiger partial charge >= 0.3 is 0 Å². The molecule has 0 spiro atoms. The van der Waals surface area contributed by atoms with Crippen molar-refractivity contribution < 1.29 is 4.79 Å². The van der Waals surface area contributed by atoms with Gasteiger partial charge in [0, 0.05) is 30.8 Å². The van der Waals surface area contributed by atoms with Crippen LogP contribution in [0.1, 0.15) is 46.3 Å². The molecule has 1 aliphatic heterocycles. The summed E-state index contributed by atoms with van der Waals surface area (Å²) >= 11 is 1.52. The fraction of sp³-hybridized carbons (Fsp3) is 0.533. The van der Waals surface area contributed by atoms with Gasteiger partial charge in [-0.1, -0.05) is 13.8 Å². The minimum absolute atomic E-state index is 0.158. The second kappa shape index (κ2) is 6.18. The third-order valence-corrected chi connectivity index (χ3v) is 4.58. The van der Waals surface area contributed by atoms with Gasteiger partial charge < -0.3 is 10.6 Å². The summed E-state index contributed by atoms with van der Waals surface area (Å²) in [5.74, 6) is 0.342. The van der Waals surface area contributed by atoms with Gasteiger partial charge in [0.25, 0.3) is 5.91 Å². The lowest BCUT2D eigenvalue weighted by Crippen LogP contribution is -2.25. The maximum Gasteiger partial charge on any atom is 0.277 e. The molecule has 0 unspecified atom stereocenters. The Morgan fingerprint density at radius 1 is 1.45 bits per heavy atom. The average molecular weight is 319 g/mol. The highest BCUT2D eigenvalue weighted by atomic mass is 32.1. The van der Waals surface area contributed by atoms with Gasteiger partial charge in [0.05, 0.1) is 10.7 Å². The number of rotatable bonds is 4. The largest absolute Gasteiger partial charge is 0.312 e. The van der Waals surface area contributed by atoms with Gasteiger partial charge in [0.1, 0.15) is 5.00 Å². The fourth-order valence-electron chi connectivity index (χ4n) is 2.67. The smallest absolute Gasteiger partial charge is 0.277 e. The molecule has 1 aliphatic rings. The van der Waals surface area contributed by atoms with E-state index >= 15 is 0 Å². The summed E-state index contributed by atoms with van der Waals surface area (Å²) in [6.07, 6.45) is 1.74. The molecule has 3 heterocycles. The van der Waals surface area contributed by atoms with Crippen LogP contribution in [0.3, 0.4) is 0 Å². The molecule has 2 aromatic heterocycles. The van der Waals surface area contributed by atoms with E-state index in [0.717, 1.165) is 46.3 Å². The molecule has 0 saturated carbocycles. The van der Waals surface area contributed by atoms with Crippen molar-refractivity contribution in [1.82, 2.24) is 20.5 Å². The number of carbonyl (C=O) groups is 1. The zero-order valence-electron chi connectivity index (χ0n) is 13.1. The first-order chi connectivity index (χ1) is 10.5. The van der Waals surface area contributed by atoms with Crippen molar-refractivity contribution in [2.24, 2.45) is 5.92 Å². The zero-order chi connectivity index (χ0) is 15.7. The lowest BCUT2D eigenvalue weighted by atomic mass is 10.1. The van der Waals surface area contributed by atoms with Gasteiger partial charge in [-0.25, -0.2) is 4.98 Å². The number of thiazole rings is 1. The maximum atomic E-state index is 12.6. The lowest BCUT2D eigenvalue weighted by Gasteiger charge is -2.12. The van der Waals surface area contributed by atoms with E-state index in [1.54, 1.807) is 0 Å². The SMILES string of the molecule is Cc1nc(CC(C)C)c(NC(=O)c2n[nH]c3c2CNCC3)s1. The highest BCUT2D eigenvalue weighted by Gasteiger charge is 2.23. The summed E-state index contributed by atoms with van der Waals surface area (Å²) in [4.78, 5) is 17.1. The zero-order valence-corrected chi connectivity index (χ0v) is 13.9. The van der Waals surface area contributed by atoms with E-state index in [4.69, 9.17) is 0 Å². The highest BCUT2D eigenvalue weighted by Crippen LogP contribution is 2.27. The van der Waals surface area contributed by atoms with Gasteiger partial charge in [-0.3, -0.25) is 9.89 Å². The van der Waals surface area contributed by atoms with Crippen molar-refractivity contribution in [2.75, 3.05) is 11.9 Å². The number of carbonyl (C=O) groups excluding carboxylic acids is 1. The van der Waals surface area contributed by atoms with Crippen molar-refractivity contribution in [2.45, 2.75) is 40.2 Å². The number of aromatic nitrogens is 3. The summed E-state index contributed by atoms with van der Waals surface area (Å²) in [5, 5.41) is 15.3. The predicted octanol–water partition coefficient (Wildman–Crippen LogP) is 2.27. The van der Waals surface area contributed by atoms with E-state index in [-0.39, 0.29) is 5.91 Å². The van der Waals surface area contributed by atoms with E-state index in [2.05, 4.69) is 39.7 Å². The number of nitrogens with one attached hydrogen (secondary N) is 3. The molecule has 0 saturated heterocycles. The Kier molecular flexibility index (Phi) is 4.26. The molecular weight excluding hydrogens is 298 g/mol. The number of amides is 1. The summed E-state index contributed by atoms with van der Waals surface area (Å²) in [6, 6.07) is 0. The first kappa shape index (κ1) is 15.2. The third-order valence-electron chi connectivity index (χ3n) is 3.65. The molecule has 22 heavy (non-hydrogen) atoms. The Labute approximate surface area is 133 Å². The molecule has 7 heteroatoms. The van der Waals surface area contributed by atoms with Crippen LogP contribution < -0.4 is 10.6 Å². The standard InChI is InChI=1S/C15H21N5OS/c1-8(2)6-12-15(22-9(3)17-12)18-14(21)13-10-7-16-5-4-11(10)19-20-13/h8,16H,4-7H2,1-3H3,(H,18,21)(H,19,20). The predicted molar refractivity (Wildman–Crippen MR) is 87.3 cm³/mol. The second-order valence-electron chi connectivity index (χ2n) is 6.02. The number of fused-ring (bicyclic) bond motifs is 1. The van der Waals surface area contributed by atoms with Crippen LogP contribution in [0, 0.1) is 12.8 Å². The summed E-state index contributed by atoms with van der Waals surface area (Å²) in [5.41, 5.74) is 3.50. The second-order valence-corrected chi connectivity index (χ2v) is 7.22. The van der Waals surface area contributed by atoms with Crippen LogP contribution in [0.2, 0.25) is 0 Å². The number of hydrogen-bond donors (Lipinski definition) is 3. The number of hydrogen-bond acceptors (Lipinski definition) is 5. The van der Waals surface area contributed by atoms with Crippen LogP contribution in [0.25, 0.3) is 0 Å². The number of nitrogens with zero attached hydrogens (tertiary/aromatic N) is 2. The molecule has 0 radical (unpaired) electrons. The first-order valence-corrected chi connectivity index (χ1v) is 8.40. The van der Waals surface area contributed by atoms with Crippen LogP contribution in [-0.2, 0) is 19.4 Å². The Morgan fingerprint density at radius 2 is 2.27 bits per heavy atom. The Balaban J connectivity index is 1.81. The Bertz CT molecular complexity index is 688. The molecular formula is C15H21N5OS. The Hall–Kier alpha value is -1.73. The first-order valence-electron chi connectivity index (χ1n) is 7.59. The number of aryl methyl sites for hydroxylation is 1. The molecule has 0 atom stereocenters. The summed E-state index contributed by atoms with van der Waals surface area (Å²) in [6.45, 7) is 7.87. The average Bonchev–Trinajstić information content (AvgIpc) is 3.02. The van der Waals surface area contributed by atoms with Crippen LogP contribution in [0.4, 0.5) is 5.00 Å². The number of aromatic amines is 1. The van der Waals surface area contributed by atoms with Gasteiger partial charge in [-0.15, -0.1) is 11.3 Å². The van der Waals surface area contributed by atoms with E-state index < -0.39 is 0 Å². The molecule has 0 bridgehead atoms. The quantitative estimate of drug-likeness (QED) is 0.807. The normalized spacial score (nSPS) is 14.2. The van der Waals surface area contributed by atoms with Gasteiger partial charge in [0.2, 0.25) is 0 Å².